The fraction of sp³-hybridized carbons (Fsp3) is 0.778. The van der Waals surface area contributed by atoms with E-state index < -0.39 is 0 Å². The molecule has 11 heavy (non-hydrogen) atoms. The first-order valence-electron chi connectivity index (χ1n) is 4.14. The molecule has 0 saturated carbocycles. The molecule has 0 fully saturated rings. The standard InChI is InChI=1S/C9H20N2/c1-6(2)7(3)5-8(4)9(10)11/h6,8-9H,3,5,10-11H2,1-2,4H3. The van der Waals surface area contributed by atoms with Crippen LogP contribution in [-0.4, -0.2) is 6.17 Å². The van der Waals surface area contributed by atoms with Crippen LogP contribution in [0.2, 0.25) is 0 Å². The zero-order chi connectivity index (χ0) is 9.02. The van der Waals surface area contributed by atoms with Crippen LogP contribution in [0.3, 0.4) is 0 Å². The van der Waals surface area contributed by atoms with Gasteiger partial charge >= 0.3 is 0 Å². The first-order chi connectivity index (χ1) is 4.95. The van der Waals surface area contributed by atoms with E-state index >= 15 is 0 Å². The molecular weight excluding hydrogens is 136 g/mol. The summed E-state index contributed by atoms with van der Waals surface area (Å²) in [5.41, 5.74) is 12.3. The van der Waals surface area contributed by atoms with Crippen molar-refractivity contribution in [3.63, 3.8) is 0 Å². The highest BCUT2D eigenvalue weighted by molar-refractivity contribution is 4.99. The Morgan fingerprint density at radius 2 is 1.73 bits per heavy atom. The van der Waals surface area contributed by atoms with Gasteiger partial charge in [0.1, 0.15) is 0 Å². The Kier molecular flexibility index (Phi) is 4.38. The van der Waals surface area contributed by atoms with Gasteiger partial charge < -0.3 is 11.5 Å². The average Bonchev–Trinajstić information content (AvgIpc) is 1.87. The van der Waals surface area contributed by atoms with Crippen LogP contribution in [0.15, 0.2) is 12.2 Å². The predicted molar refractivity (Wildman–Crippen MR) is 49.9 cm³/mol. The van der Waals surface area contributed by atoms with Crippen LogP contribution in [0, 0.1) is 11.8 Å². The van der Waals surface area contributed by atoms with Crippen molar-refractivity contribution in [1.29, 1.82) is 0 Å². The molecule has 0 bridgehead atoms. The minimum Gasteiger partial charge on any atom is -0.316 e. The van der Waals surface area contributed by atoms with E-state index in [0.717, 1.165) is 6.42 Å². The summed E-state index contributed by atoms with van der Waals surface area (Å²) in [7, 11) is 0. The fourth-order valence-electron chi connectivity index (χ4n) is 0.785. The molecule has 66 valence electrons. The van der Waals surface area contributed by atoms with E-state index in [4.69, 9.17) is 11.5 Å². The van der Waals surface area contributed by atoms with Crippen LogP contribution < -0.4 is 11.5 Å². The second kappa shape index (κ2) is 4.52. The van der Waals surface area contributed by atoms with Crippen molar-refractivity contribution < 1.29 is 0 Å². The van der Waals surface area contributed by atoms with Gasteiger partial charge in [-0.15, -0.1) is 0 Å². The third-order valence-electron chi connectivity index (χ3n) is 2.06. The maximum Gasteiger partial charge on any atom is 0.0550 e. The van der Waals surface area contributed by atoms with E-state index in [2.05, 4.69) is 27.4 Å². The molecular formula is C9H20N2. The summed E-state index contributed by atoms with van der Waals surface area (Å²) in [6.45, 7) is 10.3. The summed E-state index contributed by atoms with van der Waals surface area (Å²) in [6.07, 6.45) is 0.723. The van der Waals surface area contributed by atoms with E-state index in [-0.39, 0.29) is 6.17 Å². The molecule has 0 aliphatic carbocycles. The lowest BCUT2D eigenvalue weighted by Gasteiger charge is -2.18. The largest absolute Gasteiger partial charge is 0.316 e. The lowest BCUT2D eigenvalue weighted by Crippen LogP contribution is -2.37. The molecule has 0 aliphatic heterocycles. The van der Waals surface area contributed by atoms with Crippen molar-refractivity contribution in [3.8, 4) is 0 Å². The summed E-state index contributed by atoms with van der Waals surface area (Å²) in [5, 5.41) is 0. The first kappa shape index (κ1) is 10.7. The van der Waals surface area contributed by atoms with Gasteiger partial charge in [-0.05, 0) is 18.3 Å². The van der Waals surface area contributed by atoms with Crippen molar-refractivity contribution >= 4 is 0 Å². The molecule has 4 N–H and O–H groups in total. The minimum absolute atomic E-state index is 0.217. The van der Waals surface area contributed by atoms with Crippen molar-refractivity contribution in [2.24, 2.45) is 23.3 Å². The third-order valence-corrected chi connectivity index (χ3v) is 2.06. The molecule has 0 aromatic heterocycles. The van der Waals surface area contributed by atoms with Gasteiger partial charge in [0.05, 0.1) is 6.17 Å². The van der Waals surface area contributed by atoms with Gasteiger partial charge in [-0.25, -0.2) is 0 Å². The van der Waals surface area contributed by atoms with Crippen molar-refractivity contribution in [3.05, 3.63) is 12.2 Å². The van der Waals surface area contributed by atoms with Crippen LogP contribution in [0.25, 0.3) is 0 Å². The molecule has 2 nitrogen and oxygen atoms in total. The molecule has 0 aromatic carbocycles. The van der Waals surface area contributed by atoms with Crippen LogP contribution in [-0.2, 0) is 0 Å². The Labute approximate surface area is 69.6 Å². The van der Waals surface area contributed by atoms with E-state index in [1.165, 1.54) is 5.57 Å². The number of rotatable bonds is 4. The lowest BCUT2D eigenvalue weighted by atomic mass is 9.93. The van der Waals surface area contributed by atoms with Gasteiger partial charge in [-0.3, -0.25) is 0 Å². The maximum absolute atomic E-state index is 5.52. The Hall–Kier alpha value is -0.340. The molecule has 0 heterocycles. The second-order valence-electron chi connectivity index (χ2n) is 3.57. The van der Waals surface area contributed by atoms with Crippen LogP contribution in [0.5, 0.6) is 0 Å². The maximum atomic E-state index is 5.52. The van der Waals surface area contributed by atoms with E-state index in [0.29, 0.717) is 11.8 Å². The Bertz CT molecular complexity index is 128. The molecule has 0 rings (SSSR count). The summed E-state index contributed by atoms with van der Waals surface area (Å²) >= 11 is 0. The van der Waals surface area contributed by atoms with Crippen molar-refractivity contribution in [2.45, 2.75) is 33.4 Å². The van der Waals surface area contributed by atoms with Crippen LogP contribution >= 0.6 is 0 Å². The van der Waals surface area contributed by atoms with Gasteiger partial charge in [0.25, 0.3) is 0 Å². The molecule has 0 amide bonds. The van der Waals surface area contributed by atoms with Gasteiger partial charge in [0.15, 0.2) is 0 Å². The molecule has 0 aliphatic rings. The molecule has 0 spiro atoms. The van der Waals surface area contributed by atoms with Gasteiger partial charge in [-0.2, -0.15) is 0 Å². The summed E-state index contributed by atoms with van der Waals surface area (Å²) in [4.78, 5) is 0. The topological polar surface area (TPSA) is 52.0 Å². The minimum atomic E-state index is -0.217. The molecule has 0 aromatic rings. The molecule has 0 radical (unpaired) electrons. The Morgan fingerprint density at radius 3 is 2.00 bits per heavy atom. The highest BCUT2D eigenvalue weighted by Gasteiger charge is 2.10. The molecule has 0 saturated heterocycles. The number of hydrogen-bond donors (Lipinski definition) is 2. The number of nitrogens with two attached hydrogens (primary N) is 2. The zero-order valence-corrected chi connectivity index (χ0v) is 7.80. The van der Waals surface area contributed by atoms with Crippen LogP contribution in [0.1, 0.15) is 27.2 Å². The summed E-state index contributed by atoms with van der Waals surface area (Å²) in [5.74, 6) is 0.876. The van der Waals surface area contributed by atoms with Crippen LogP contribution in [0.4, 0.5) is 0 Å². The average molecular weight is 156 g/mol. The smallest absolute Gasteiger partial charge is 0.0550 e. The van der Waals surface area contributed by atoms with E-state index in [1.54, 1.807) is 0 Å². The van der Waals surface area contributed by atoms with Crippen molar-refractivity contribution in [2.75, 3.05) is 0 Å². The quantitative estimate of drug-likeness (QED) is 0.478. The number of hydrogen-bond acceptors (Lipinski definition) is 2. The number of allylic oxidation sites excluding steroid dienone is 1. The SMILES string of the molecule is C=C(CC(C)C(N)N)C(C)C. The summed E-state index contributed by atoms with van der Waals surface area (Å²) in [6, 6.07) is 0. The second-order valence-corrected chi connectivity index (χ2v) is 3.57. The van der Waals surface area contributed by atoms with Gasteiger partial charge in [0, 0.05) is 0 Å². The van der Waals surface area contributed by atoms with Gasteiger partial charge in [-0.1, -0.05) is 32.9 Å². The summed E-state index contributed by atoms with van der Waals surface area (Å²) < 4.78 is 0. The first-order valence-corrected chi connectivity index (χ1v) is 4.14. The van der Waals surface area contributed by atoms with E-state index in [1.807, 2.05) is 0 Å². The molecule has 1 atom stereocenters. The molecule has 1 unspecified atom stereocenters. The lowest BCUT2D eigenvalue weighted by molar-refractivity contribution is 0.449. The van der Waals surface area contributed by atoms with Crippen molar-refractivity contribution in [1.82, 2.24) is 0 Å². The van der Waals surface area contributed by atoms with E-state index in [9.17, 15) is 0 Å². The fourth-order valence-corrected chi connectivity index (χ4v) is 0.785. The highest BCUT2D eigenvalue weighted by atomic mass is 14.9. The molecule has 2 heteroatoms. The Morgan fingerprint density at radius 1 is 1.27 bits per heavy atom. The van der Waals surface area contributed by atoms with Gasteiger partial charge in [0.2, 0.25) is 0 Å². The zero-order valence-electron chi connectivity index (χ0n) is 7.80. The predicted octanol–water partition coefficient (Wildman–Crippen LogP) is 1.47. The third kappa shape index (κ3) is 4.17. The Balaban J connectivity index is 3.76. The monoisotopic (exact) mass is 156 g/mol. The normalized spacial score (nSPS) is 14.1. The highest BCUT2D eigenvalue weighted by Crippen LogP contribution is 2.17.